The first-order valence-corrected chi connectivity index (χ1v) is 8.25. The maximum absolute atomic E-state index is 12.2. The molecule has 0 saturated heterocycles. The number of ketones is 1. The van der Waals surface area contributed by atoms with E-state index < -0.39 is 0 Å². The van der Waals surface area contributed by atoms with Crippen LogP contribution in [0.15, 0.2) is 36.4 Å². The Morgan fingerprint density at radius 2 is 1.92 bits per heavy atom. The summed E-state index contributed by atoms with van der Waals surface area (Å²) in [5.41, 5.74) is 1.92. The van der Waals surface area contributed by atoms with Crippen LogP contribution in [0, 0.1) is 0 Å². The lowest BCUT2D eigenvalue weighted by Gasteiger charge is -2.12. The molecule has 1 aliphatic rings. The smallest absolute Gasteiger partial charge is 0.262 e. The van der Waals surface area contributed by atoms with Gasteiger partial charge >= 0.3 is 0 Å². The van der Waals surface area contributed by atoms with Crippen LogP contribution in [-0.4, -0.2) is 18.3 Å². The second-order valence-electron chi connectivity index (χ2n) is 5.71. The van der Waals surface area contributed by atoms with Crippen molar-refractivity contribution in [2.75, 3.05) is 11.9 Å². The number of rotatable bonds is 4. The maximum Gasteiger partial charge on any atom is 0.262 e. The Balaban J connectivity index is 1.70. The van der Waals surface area contributed by atoms with E-state index in [0.717, 1.165) is 5.56 Å². The Bertz CT molecular complexity index is 803. The molecule has 3 rings (SSSR count). The number of ether oxygens (including phenoxy) is 1. The van der Waals surface area contributed by atoms with Crippen molar-refractivity contribution in [2.45, 2.75) is 19.3 Å². The molecule has 6 heteroatoms. The first-order valence-electron chi connectivity index (χ1n) is 7.49. The fraction of sp³-hybridized carbons (Fsp3) is 0.222. The zero-order valence-electron chi connectivity index (χ0n) is 12.9. The minimum Gasteiger partial charge on any atom is -0.483 e. The highest BCUT2D eigenvalue weighted by atomic mass is 35.5. The van der Waals surface area contributed by atoms with Crippen LogP contribution in [0.2, 0.25) is 10.0 Å². The normalized spacial score (nSPS) is 16.0. The average molecular weight is 364 g/mol. The Hall–Kier alpha value is -2.04. The monoisotopic (exact) mass is 363 g/mol. The number of nitrogens with one attached hydrogen (secondary N) is 1. The third kappa shape index (κ3) is 3.40. The molecule has 0 radical (unpaired) electrons. The quantitative estimate of drug-likeness (QED) is 0.856. The highest BCUT2D eigenvalue weighted by molar-refractivity contribution is 6.32. The zero-order chi connectivity index (χ0) is 17.3. The standard InChI is InChI=1S/C18H15Cl2NO3/c1-10-8-14(22)18-15(7-6-13(20)17(10)18)24-9-16(23)21-12-4-2-11(19)3-5-12/h2-7,10H,8-9H2,1H3,(H,21,23)/t10-/m0/s1. The number of fused-ring (bicyclic) bond motifs is 1. The summed E-state index contributed by atoms with van der Waals surface area (Å²) in [7, 11) is 0. The van der Waals surface area contributed by atoms with Gasteiger partial charge in [0.1, 0.15) is 5.75 Å². The van der Waals surface area contributed by atoms with Crippen LogP contribution in [-0.2, 0) is 4.79 Å². The first kappa shape index (κ1) is 16.8. The summed E-state index contributed by atoms with van der Waals surface area (Å²) in [6.45, 7) is 1.75. The van der Waals surface area contributed by atoms with Crippen LogP contribution in [0.1, 0.15) is 35.2 Å². The van der Waals surface area contributed by atoms with Crippen LogP contribution in [0.3, 0.4) is 0 Å². The minimum atomic E-state index is -0.320. The first-order chi connectivity index (χ1) is 11.5. The topological polar surface area (TPSA) is 55.4 Å². The Morgan fingerprint density at radius 3 is 2.62 bits per heavy atom. The van der Waals surface area contributed by atoms with E-state index in [0.29, 0.717) is 33.5 Å². The van der Waals surface area contributed by atoms with Gasteiger partial charge in [-0.15, -0.1) is 0 Å². The number of amides is 1. The number of hydrogen-bond acceptors (Lipinski definition) is 3. The van der Waals surface area contributed by atoms with Gasteiger partial charge in [-0.2, -0.15) is 0 Å². The van der Waals surface area contributed by atoms with Gasteiger partial charge in [-0.05, 0) is 47.9 Å². The molecular formula is C18H15Cl2NO3. The van der Waals surface area contributed by atoms with Crippen molar-refractivity contribution >= 4 is 40.6 Å². The molecule has 24 heavy (non-hydrogen) atoms. The van der Waals surface area contributed by atoms with E-state index >= 15 is 0 Å². The molecule has 0 aromatic heterocycles. The van der Waals surface area contributed by atoms with Crippen molar-refractivity contribution < 1.29 is 14.3 Å². The number of carbonyl (C=O) groups is 2. The third-order valence-electron chi connectivity index (χ3n) is 3.90. The fourth-order valence-electron chi connectivity index (χ4n) is 2.82. The van der Waals surface area contributed by atoms with Crippen LogP contribution < -0.4 is 10.1 Å². The number of halogens is 2. The number of anilines is 1. The van der Waals surface area contributed by atoms with Crippen molar-refractivity contribution in [2.24, 2.45) is 0 Å². The van der Waals surface area contributed by atoms with E-state index in [1.54, 1.807) is 36.4 Å². The van der Waals surface area contributed by atoms with Gasteiger partial charge in [0.05, 0.1) is 5.56 Å². The largest absolute Gasteiger partial charge is 0.483 e. The summed E-state index contributed by atoms with van der Waals surface area (Å²) in [5.74, 6) is 0.133. The van der Waals surface area contributed by atoms with Gasteiger partial charge in [0.25, 0.3) is 5.91 Å². The molecule has 1 atom stereocenters. The summed E-state index contributed by atoms with van der Waals surface area (Å²) in [5, 5.41) is 3.85. The highest BCUT2D eigenvalue weighted by Crippen LogP contribution is 2.42. The van der Waals surface area contributed by atoms with E-state index in [9.17, 15) is 9.59 Å². The van der Waals surface area contributed by atoms with Crippen molar-refractivity contribution in [3.05, 3.63) is 57.6 Å². The minimum absolute atomic E-state index is 0.00638. The molecule has 2 aromatic rings. The molecule has 0 heterocycles. The molecule has 124 valence electrons. The van der Waals surface area contributed by atoms with Crippen LogP contribution in [0.25, 0.3) is 0 Å². The van der Waals surface area contributed by atoms with Crippen molar-refractivity contribution in [1.29, 1.82) is 0 Å². The van der Waals surface area contributed by atoms with Gasteiger partial charge in [0, 0.05) is 22.2 Å². The molecule has 2 aromatic carbocycles. The van der Waals surface area contributed by atoms with Crippen molar-refractivity contribution in [3.8, 4) is 5.75 Å². The van der Waals surface area contributed by atoms with E-state index in [4.69, 9.17) is 27.9 Å². The summed E-state index contributed by atoms with van der Waals surface area (Å²) in [6, 6.07) is 10.1. The lowest BCUT2D eigenvalue weighted by molar-refractivity contribution is -0.118. The molecule has 1 aliphatic carbocycles. The van der Waals surface area contributed by atoms with Gasteiger partial charge in [-0.1, -0.05) is 30.1 Å². The molecular weight excluding hydrogens is 349 g/mol. The van der Waals surface area contributed by atoms with Gasteiger partial charge < -0.3 is 10.1 Å². The van der Waals surface area contributed by atoms with Crippen molar-refractivity contribution in [3.63, 3.8) is 0 Å². The van der Waals surface area contributed by atoms with E-state index in [1.165, 1.54) is 0 Å². The number of hydrogen-bond donors (Lipinski definition) is 1. The van der Waals surface area contributed by atoms with Crippen LogP contribution in [0.4, 0.5) is 5.69 Å². The predicted octanol–water partition coefficient (Wildman–Crippen LogP) is 4.70. The summed E-state index contributed by atoms with van der Waals surface area (Å²) >= 11 is 12.0. The van der Waals surface area contributed by atoms with Gasteiger partial charge in [-0.3, -0.25) is 9.59 Å². The van der Waals surface area contributed by atoms with Crippen molar-refractivity contribution in [1.82, 2.24) is 0 Å². The van der Waals surface area contributed by atoms with E-state index in [1.807, 2.05) is 6.92 Å². The summed E-state index contributed by atoms with van der Waals surface area (Å²) in [4.78, 5) is 24.2. The molecule has 0 spiro atoms. The Labute approximate surface area is 149 Å². The second-order valence-corrected chi connectivity index (χ2v) is 6.55. The average Bonchev–Trinajstić information content (AvgIpc) is 2.85. The highest BCUT2D eigenvalue weighted by Gasteiger charge is 2.31. The Morgan fingerprint density at radius 1 is 1.21 bits per heavy atom. The maximum atomic E-state index is 12.2. The molecule has 0 fully saturated rings. The SMILES string of the molecule is C[C@H]1CC(=O)c2c(OCC(=O)Nc3ccc(Cl)cc3)ccc(Cl)c21. The molecule has 0 unspecified atom stereocenters. The molecule has 0 bridgehead atoms. The molecule has 1 amide bonds. The lowest BCUT2D eigenvalue weighted by atomic mass is 10.0. The molecule has 0 aliphatic heterocycles. The molecule has 0 saturated carbocycles. The third-order valence-corrected chi connectivity index (χ3v) is 4.49. The number of carbonyl (C=O) groups excluding carboxylic acids is 2. The van der Waals surface area contributed by atoms with Gasteiger partial charge in [0.15, 0.2) is 12.4 Å². The van der Waals surface area contributed by atoms with Crippen LogP contribution in [0.5, 0.6) is 5.75 Å². The number of Topliss-reactive ketones (excluding diaryl/α,β-unsaturated/α-hetero) is 1. The lowest BCUT2D eigenvalue weighted by Crippen LogP contribution is -2.20. The fourth-order valence-corrected chi connectivity index (χ4v) is 3.29. The zero-order valence-corrected chi connectivity index (χ0v) is 14.4. The van der Waals surface area contributed by atoms with Crippen LogP contribution >= 0.6 is 23.2 Å². The van der Waals surface area contributed by atoms with E-state index in [2.05, 4.69) is 5.32 Å². The number of benzene rings is 2. The second kappa shape index (κ2) is 6.83. The molecule has 4 nitrogen and oxygen atoms in total. The van der Waals surface area contributed by atoms with Gasteiger partial charge in [-0.25, -0.2) is 0 Å². The molecule has 1 N–H and O–H groups in total. The Kier molecular flexibility index (Phi) is 4.78. The summed E-state index contributed by atoms with van der Waals surface area (Å²) in [6.07, 6.45) is 0.409. The van der Waals surface area contributed by atoms with E-state index in [-0.39, 0.29) is 24.2 Å². The van der Waals surface area contributed by atoms with Gasteiger partial charge in [0.2, 0.25) is 0 Å². The predicted molar refractivity (Wildman–Crippen MR) is 94.4 cm³/mol. The summed E-state index contributed by atoms with van der Waals surface area (Å²) < 4.78 is 5.56.